The molecular formula is C13H12Cl2N2. The first-order valence-corrected chi connectivity index (χ1v) is 6.20. The SMILES string of the molecule is CCc1ccc(Cc2ccc(Cl)cc2Cl)nn1. The Morgan fingerprint density at radius 1 is 1.00 bits per heavy atom. The second-order valence-corrected chi connectivity index (χ2v) is 4.63. The van der Waals surface area contributed by atoms with Crippen LogP contribution in [0.4, 0.5) is 0 Å². The lowest BCUT2D eigenvalue weighted by Crippen LogP contribution is -1.97. The maximum absolute atomic E-state index is 6.11. The number of hydrogen-bond acceptors (Lipinski definition) is 2. The standard InChI is InChI=1S/C13H12Cl2N2/c1-2-11-5-6-12(17-16-11)7-9-3-4-10(14)8-13(9)15/h3-6,8H,2,7H2,1H3. The van der Waals surface area contributed by atoms with E-state index in [4.69, 9.17) is 23.2 Å². The van der Waals surface area contributed by atoms with Crippen molar-refractivity contribution in [2.45, 2.75) is 19.8 Å². The van der Waals surface area contributed by atoms with Crippen LogP contribution in [0.2, 0.25) is 10.0 Å². The summed E-state index contributed by atoms with van der Waals surface area (Å²) in [5.41, 5.74) is 2.91. The van der Waals surface area contributed by atoms with E-state index in [1.807, 2.05) is 24.3 Å². The molecule has 2 nitrogen and oxygen atoms in total. The van der Waals surface area contributed by atoms with Crippen LogP contribution in [-0.4, -0.2) is 10.2 Å². The van der Waals surface area contributed by atoms with Crippen molar-refractivity contribution in [3.63, 3.8) is 0 Å². The average molecular weight is 267 g/mol. The molecule has 4 heteroatoms. The molecule has 0 atom stereocenters. The van der Waals surface area contributed by atoms with E-state index in [2.05, 4.69) is 17.1 Å². The van der Waals surface area contributed by atoms with Gasteiger partial charge in [0.1, 0.15) is 0 Å². The predicted octanol–water partition coefficient (Wildman–Crippen LogP) is 3.94. The smallest absolute Gasteiger partial charge is 0.0675 e. The molecule has 0 spiro atoms. The van der Waals surface area contributed by atoms with Gasteiger partial charge in [0.2, 0.25) is 0 Å². The first-order valence-electron chi connectivity index (χ1n) is 5.44. The van der Waals surface area contributed by atoms with Gasteiger partial charge in [0, 0.05) is 16.5 Å². The zero-order valence-electron chi connectivity index (χ0n) is 9.45. The third-order valence-corrected chi connectivity index (χ3v) is 3.11. The van der Waals surface area contributed by atoms with Gasteiger partial charge in [-0.1, -0.05) is 36.2 Å². The highest BCUT2D eigenvalue weighted by Crippen LogP contribution is 2.22. The summed E-state index contributed by atoms with van der Waals surface area (Å²) in [6.45, 7) is 2.06. The van der Waals surface area contributed by atoms with Crippen molar-refractivity contribution < 1.29 is 0 Å². The summed E-state index contributed by atoms with van der Waals surface area (Å²) in [6.07, 6.45) is 1.57. The zero-order valence-corrected chi connectivity index (χ0v) is 11.0. The number of aromatic nitrogens is 2. The lowest BCUT2D eigenvalue weighted by atomic mass is 10.1. The molecule has 0 saturated heterocycles. The fourth-order valence-electron chi connectivity index (χ4n) is 1.53. The number of rotatable bonds is 3. The van der Waals surface area contributed by atoms with Crippen LogP contribution < -0.4 is 0 Å². The minimum absolute atomic E-state index is 0.645. The van der Waals surface area contributed by atoms with Gasteiger partial charge in [0.25, 0.3) is 0 Å². The van der Waals surface area contributed by atoms with Gasteiger partial charge >= 0.3 is 0 Å². The van der Waals surface area contributed by atoms with Crippen LogP contribution in [-0.2, 0) is 12.8 Å². The Kier molecular flexibility index (Phi) is 3.97. The summed E-state index contributed by atoms with van der Waals surface area (Å²) >= 11 is 12.0. The summed E-state index contributed by atoms with van der Waals surface area (Å²) in [7, 11) is 0. The van der Waals surface area contributed by atoms with Crippen LogP contribution in [0.15, 0.2) is 30.3 Å². The number of hydrogen-bond donors (Lipinski definition) is 0. The van der Waals surface area contributed by atoms with Gasteiger partial charge in [-0.25, -0.2) is 0 Å². The molecule has 0 radical (unpaired) electrons. The Balaban J connectivity index is 2.19. The Morgan fingerprint density at radius 2 is 1.71 bits per heavy atom. The van der Waals surface area contributed by atoms with Crippen LogP contribution in [0.25, 0.3) is 0 Å². The van der Waals surface area contributed by atoms with Crippen molar-refractivity contribution in [1.29, 1.82) is 0 Å². The first kappa shape index (κ1) is 12.3. The van der Waals surface area contributed by atoms with Crippen LogP contribution in [0, 0.1) is 0 Å². The van der Waals surface area contributed by atoms with Crippen LogP contribution in [0.3, 0.4) is 0 Å². The summed E-state index contributed by atoms with van der Waals surface area (Å²) in [6, 6.07) is 9.46. The lowest BCUT2D eigenvalue weighted by Gasteiger charge is -2.04. The Labute approximate surface area is 111 Å². The largest absolute Gasteiger partial charge is 0.155 e. The molecule has 17 heavy (non-hydrogen) atoms. The van der Waals surface area contributed by atoms with Crippen LogP contribution in [0.1, 0.15) is 23.9 Å². The molecule has 88 valence electrons. The third-order valence-electron chi connectivity index (χ3n) is 2.52. The van der Waals surface area contributed by atoms with E-state index in [1.165, 1.54) is 0 Å². The third kappa shape index (κ3) is 3.18. The topological polar surface area (TPSA) is 25.8 Å². The Morgan fingerprint density at radius 3 is 2.29 bits per heavy atom. The maximum Gasteiger partial charge on any atom is 0.0675 e. The summed E-state index contributed by atoms with van der Waals surface area (Å²) in [5, 5.41) is 9.60. The summed E-state index contributed by atoms with van der Waals surface area (Å²) in [4.78, 5) is 0. The molecule has 1 aromatic heterocycles. The summed E-state index contributed by atoms with van der Waals surface area (Å²) in [5.74, 6) is 0. The van der Waals surface area contributed by atoms with Crippen molar-refractivity contribution in [2.75, 3.05) is 0 Å². The van der Waals surface area contributed by atoms with Crippen molar-refractivity contribution in [3.8, 4) is 0 Å². The Bertz CT molecular complexity index is 509. The van der Waals surface area contributed by atoms with E-state index in [0.29, 0.717) is 16.5 Å². The molecule has 0 fully saturated rings. The highest BCUT2D eigenvalue weighted by atomic mass is 35.5. The van der Waals surface area contributed by atoms with E-state index >= 15 is 0 Å². The predicted molar refractivity (Wildman–Crippen MR) is 70.7 cm³/mol. The lowest BCUT2D eigenvalue weighted by molar-refractivity contribution is 0.871. The van der Waals surface area contributed by atoms with Crippen molar-refractivity contribution in [3.05, 3.63) is 57.3 Å². The van der Waals surface area contributed by atoms with Crippen molar-refractivity contribution >= 4 is 23.2 Å². The highest BCUT2D eigenvalue weighted by Gasteiger charge is 2.04. The first-order chi connectivity index (χ1) is 8.19. The molecule has 0 aliphatic heterocycles. The van der Waals surface area contributed by atoms with Gasteiger partial charge in [0.05, 0.1) is 11.4 Å². The molecule has 1 heterocycles. The second kappa shape index (κ2) is 5.48. The van der Waals surface area contributed by atoms with E-state index in [-0.39, 0.29) is 0 Å². The molecule has 1 aromatic carbocycles. The van der Waals surface area contributed by atoms with E-state index in [1.54, 1.807) is 6.07 Å². The minimum Gasteiger partial charge on any atom is -0.155 e. The van der Waals surface area contributed by atoms with E-state index in [9.17, 15) is 0 Å². The second-order valence-electron chi connectivity index (χ2n) is 3.78. The minimum atomic E-state index is 0.645. The number of benzene rings is 1. The van der Waals surface area contributed by atoms with Gasteiger partial charge < -0.3 is 0 Å². The number of nitrogens with zero attached hydrogens (tertiary/aromatic N) is 2. The van der Waals surface area contributed by atoms with E-state index < -0.39 is 0 Å². The molecule has 0 amide bonds. The molecule has 2 aromatic rings. The van der Waals surface area contributed by atoms with Gasteiger partial charge in [-0.15, -0.1) is 0 Å². The molecule has 0 aliphatic rings. The molecular weight excluding hydrogens is 255 g/mol. The fourth-order valence-corrected chi connectivity index (χ4v) is 2.01. The monoisotopic (exact) mass is 266 g/mol. The van der Waals surface area contributed by atoms with Crippen LogP contribution in [0.5, 0.6) is 0 Å². The quantitative estimate of drug-likeness (QED) is 0.841. The number of aryl methyl sites for hydroxylation is 1. The van der Waals surface area contributed by atoms with Crippen LogP contribution >= 0.6 is 23.2 Å². The molecule has 0 aliphatic carbocycles. The van der Waals surface area contributed by atoms with Gasteiger partial charge in [-0.2, -0.15) is 10.2 Å². The molecule has 0 N–H and O–H groups in total. The molecule has 2 rings (SSSR count). The maximum atomic E-state index is 6.11. The normalized spacial score (nSPS) is 10.5. The van der Waals surface area contributed by atoms with Gasteiger partial charge in [0.15, 0.2) is 0 Å². The van der Waals surface area contributed by atoms with Gasteiger partial charge in [-0.3, -0.25) is 0 Å². The average Bonchev–Trinajstić information content (AvgIpc) is 2.34. The zero-order chi connectivity index (χ0) is 12.3. The molecule has 0 saturated carbocycles. The van der Waals surface area contributed by atoms with Crippen molar-refractivity contribution in [1.82, 2.24) is 10.2 Å². The van der Waals surface area contributed by atoms with Crippen molar-refractivity contribution in [2.24, 2.45) is 0 Å². The fraction of sp³-hybridized carbons (Fsp3) is 0.231. The number of halogens is 2. The molecule has 0 bridgehead atoms. The Hall–Kier alpha value is -1.12. The summed E-state index contributed by atoms with van der Waals surface area (Å²) < 4.78 is 0. The van der Waals surface area contributed by atoms with E-state index in [0.717, 1.165) is 23.4 Å². The highest BCUT2D eigenvalue weighted by molar-refractivity contribution is 6.35. The molecule has 0 unspecified atom stereocenters. The van der Waals surface area contributed by atoms with Gasteiger partial charge in [-0.05, 0) is 36.2 Å².